The number of nitrogens with one attached hydrogen (secondary N) is 2. The van der Waals surface area contributed by atoms with E-state index in [1.54, 1.807) is 30.5 Å². The Hall–Kier alpha value is -2.80. The first-order valence-corrected chi connectivity index (χ1v) is 9.08. The summed E-state index contributed by atoms with van der Waals surface area (Å²) in [6.45, 7) is 2.06. The van der Waals surface area contributed by atoms with Gasteiger partial charge in [0.15, 0.2) is 0 Å². The summed E-state index contributed by atoms with van der Waals surface area (Å²) in [6.07, 6.45) is 1.60. The summed E-state index contributed by atoms with van der Waals surface area (Å²) in [5.74, 6) is 0.363. The highest BCUT2D eigenvalue weighted by molar-refractivity contribution is 7.92. The van der Waals surface area contributed by atoms with Crippen LogP contribution in [0.5, 0.6) is 0 Å². The van der Waals surface area contributed by atoms with E-state index in [9.17, 15) is 12.8 Å². The number of rotatable bonds is 6. The summed E-state index contributed by atoms with van der Waals surface area (Å²) in [6, 6.07) is 14.2. The predicted molar refractivity (Wildman–Crippen MR) is 94.4 cm³/mol. The molecule has 3 aromatic rings. The fourth-order valence-electron chi connectivity index (χ4n) is 2.26. The van der Waals surface area contributed by atoms with Gasteiger partial charge in [-0.3, -0.25) is 4.72 Å². The standard InChI is InChI=1S/C18H17FN2O3S/c1-13-11-17(8-9-18(13)19)25(22,23)21-15-6-4-14(5-7-15)20-12-16-3-2-10-24-16/h2-11,20-21H,12H2,1H3. The SMILES string of the molecule is Cc1cc(S(=O)(=O)Nc2ccc(NCc3ccco3)cc2)ccc1F. The van der Waals surface area contributed by atoms with Crippen LogP contribution in [0.1, 0.15) is 11.3 Å². The van der Waals surface area contributed by atoms with Crippen molar-refractivity contribution >= 4 is 21.4 Å². The van der Waals surface area contributed by atoms with Gasteiger partial charge in [-0.15, -0.1) is 0 Å². The van der Waals surface area contributed by atoms with Gasteiger partial charge in [0.25, 0.3) is 10.0 Å². The number of aryl methyl sites for hydroxylation is 1. The van der Waals surface area contributed by atoms with Crippen LogP contribution >= 0.6 is 0 Å². The van der Waals surface area contributed by atoms with Crippen LogP contribution in [0.3, 0.4) is 0 Å². The maximum absolute atomic E-state index is 13.3. The fourth-order valence-corrected chi connectivity index (χ4v) is 3.40. The zero-order chi connectivity index (χ0) is 17.9. The van der Waals surface area contributed by atoms with E-state index in [1.807, 2.05) is 12.1 Å². The van der Waals surface area contributed by atoms with Crippen LogP contribution < -0.4 is 10.0 Å². The lowest BCUT2D eigenvalue weighted by atomic mass is 10.2. The van der Waals surface area contributed by atoms with Crippen molar-refractivity contribution in [3.05, 3.63) is 78.0 Å². The average Bonchev–Trinajstić information content (AvgIpc) is 3.10. The molecule has 1 heterocycles. The summed E-state index contributed by atoms with van der Waals surface area (Å²) in [7, 11) is -3.77. The topological polar surface area (TPSA) is 71.3 Å². The highest BCUT2D eigenvalue weighted by atomic mass is 32.2. The molecule has 5 nitrogen and oxygen atoms in total. The number of anilines is 2. The largest absolute Gasteiger partial charge is 0.467 e. The monoisotopic (exact) mass is 360 g/mol. The second-order valence-electron chi connectivity index (χ2n) is 5.53. The molecule has 7 heteroatoms. The van der Waals surface area contributed by atoms with E-state index in [0.29, 0.717) is 12.2 Å². The van der Waals surface area contributed by atoms with Crippen molar-refractivity contribution in [2.45, 2.75) is 18.4 Å². The summed E-state index contributed by atoms with van der Waals surface area (Å²) in [5.41, 5.74) is 1.53. The molecule has 3 rings (SSSR count). The van der Waals surface area contributed by atoms with Gasteiger partial charge in [0.05, 0.1) is 17.7 Å². The molecular weight excluding hydrogens is 343 g/mol. The molecule has 2 aromatic carbocycles. The lowest BCUT2D eigenvalue weighted by Gasteiger charge is -2.10. The molecule has 0 radical (unpaired) electrons. The van der Waals surface area contributed by atoms with Crippen LogP contribution in [-0.4, -0.2) is 8.42 Å². The van der Waals surface area contributed by atoms with Crippen LogP contribution in [0.4, 0.5) is 15.8 Å². The minimum Gasteiger partial charge on any atom is -0.467 e. The number of benzene rings is 2. The third-order valence-corrected chi connectivity index (χ3v) is 5.00. The summed E-state index contributed by atoms with van der Waals surface area (Å²) < 4.78 is 45.8. The van der Waals surface area contributed by atoms with Crippen molar-refractivity contribution in [2.24, 2.45) is 0 Å². The van der Waals surface area contributed by atoms with Crippen molar-refractivity contribution in [1.82, 2.24) is 0 Å². The van der Waals surface area contributed by atoms with Crippen molar-refractivity contribution in [2.75, 3.05) is 10.0 Å². The fraction of sp³-hybridized carbons (Fsp3) is 0.111. The van der Waals surface area contributed by atoms with E-state index in [1.165, 1.54) is 19.1 Å². The van der Waals surface area contributed by atoms with Gasteiger partial charge in [0, 0.05) is 11.4 Å². The van der Waals surface area contributed by atoms with Gasteiger partial charge < -0.3 is 9.73 Å². The molecular formula is C18H17FN2O3S. The minimum atomic E-state index is -3.77. The Kier molecular flexibility index (Phi) is 4.76. The third-order valence-electron chi connectivity index (χ3n) is 3.62. The van der Waals surface area contributed by atoms with Crippen LogP contribution in [0, 0.1) is 12.7 Å². The average molecular weight is 360 g/mol. The molecule has 0 spiro atoms. The Morgan fingerprint density at radius 3 is 2.40 bits per heavy atom. The highest BCUT2D eigenvalue weighted by Crippen LogP contribution is 2.20. The van der Waals surface area contributed by atoms with Crippen molar-refractivity contribution in [3.8, 4) is 0 Å². The summed E-state index contributed by atoms with van der Waals surface area (Å²) in [5, 5.41) is 3.17. The maximum atomic E-state index is 13.3. The molecule has 0 saturated carbocycles. The Morgan fingerprint density at radius 2 is 1.76 bits per heavy atom. The zero-order valence-corrected chi connectivity index (χ0v) is 14.3. The molecule has 0 aliphatic carbocycles. The molecule has 25 heavy (non-hydrogen) atoms. The maximum Gasteiger partial charge on any atom is 0.261 e. The number of halogens is 1. The molecule has 0 atom stereocenters. The smallest absolute Gasteiger partial charge is 0.261 e. The normalized spacial score (nSPS) is 11.3. The predicted octanol–water partition coefficient (Wildman–Crippen LogP) is 4.14. The molecule has 0 saturated heterocycles. The number of hydrogen-bond donors (Lipinski definition) is 2. The van der Waals surface area contributed by atoms with Gasteiger partial charge in [-0.1, -0.05) is 0 Å². The van der Waals surface area contributed by atoms with E-state index in [2.05, 4.69) is 10.0 Å². The molecule has 0 bridgehead atoms. The van der Waals surface area contributed by atoms with Gasteiger partial charge in [-0.05, 0) is 67.1 Å². The molecule has 2 N–H and O–H groups in total. The van der Waals surface area contributed by atoms with Crippen LogP contribution in [-0.2, 0) is 16.6 Å². The second-order valence-corrected chi connectivity index (χ2v) is 7.21. The van der Waals surface area contributed by atoms with E-state index in [-0.39, 0.29) is 10.5 Å². The Morgan fingerprint density at radius 1 is 1.04 bits per heavy atom. The van der Waals surface area contributed by atoms with Crippen LogP contribution in [0.2, 0.25) is 0 Å². The first kappa shape index (κ1) is 17.0. The number of hydrogen-bond acceptors (Lipinski definition) is 4. The molecule has 0 unspecified atom stereocenters. The Bertz CT molecular complexity index is 952. The molecule has 1 aromatic heterocycles. The van der Waals surface area contributed by atoms with Gasteiger partial charge in [-0.25, -0.2) is 12.8 Å². The third kappa shape index (κ3) is 4.19. The summed E-state index contributed by atoms with van der Waals surface area (Å²) >= 11 is 0. The quantitative estimate of drug-likeness (QED) is 0.693. The molecule has 0 amide bonds. The van der Waals surface area contributed by atoms with Gasteiger partial charge in [-0.2, -0.15) is 0 Å². The van der Waals surface area contributed by atoms with Crippen LogP contribution in [0.15, 0.2) is 70.2 Å². The van der Waals surface area contributed by atoms with E-state index in [4.69, 9.17) is 4.42 Å². The van der Waals surface area contributed by atoms with Gasteiger partial charge >= 0.3 is 0 Å². The van der Waals surface area contributed by atoms with Crippen molar-refractivity contribution < 1.29 is 17.2 Å². The molecule has 0 aliphatic rings. The number of sulfonamides is 1. The highest BCUT2D eigenvalue weighted by Gasteiger charge is 2.15. The molecule has 130 valence electrons. The van der Waals surface area contributed by atoms with Crippen LogP contribution in [0.25, 0.3) is 0 Å². The first-order chi connectivity index (χ1) is 11.9. The van der Waals surface area contributed by atoms with E-state index in [0.717, 1.165) is 17.5 Å². The van der Waals surface area contributed by atoms with Crippen molar-refractivity contribution in [3.63, 3.8) is 0 Å². The van der Waals surface area contributed by atoms with E-state index >= 15 is 0 Å². The van der Waals surface area contributed by atoms with Crippen molar-refractivity contribution in [1.29, 1.82) is 0 Å². The molecule has 0 fully saturated rings. The lowest BCUT2D eigenvalue weighted by molar-refractivity contribution is 0.518. The second kappa shape index (κ2) is 6.98. The molecule has 0 aliphatic heterocycles. The Balaban J connectivity index is 1.68. The minimum absolute atomic E-state index is 0.0198. The number of furan rings is 1. The first-order valence-electron chi connectivity index (χ1n) is 7.59. The summed E-state index contributed by atoms with van der Waals surface area (Å²) in [4.78, 5) is 0.0198. The van der Waals surface area contributed by atoms with E-state index < -0.39 is 15.8 Å². The zero-order valence-electron chi connectivity index (χ0n) is 13.5. The lowest BCUT2D eigenvalue weighted by Crippen LogP contribution is -2.13. The Labute approximate surface area is 145 Å². The van der Waals surface area contributed by atoms with Gasteiger partial charge in [0.2, 0.25) is 0 Å². The van der Waals surface area contributed by atoms with Gasteiger partial charge in [0.1, 0.15) is 11.6 Å².